The summed E-state index contributed by atoms with van der Waals surface area (Å²) in [5.74, 6) is 0.0598. The van der Waals surface area contributed by atoms with Crippen LogP contribution < -0.4 is 5.73 Å². The van der Waals surface area contributed by atoms with Crippen molar-refractivity contribution >= 4 is 33.8 Å². The van der Waals surface area contributed by atoms with Crippen molar-refractivity contribution in [1.82, 2.24) is 4.90 Å². The number of hydrogen-bond donors (Lipinski definition) is 1. The Labute approximate surface area is 144 Å². The Bertz CT molecular complexity index is 622. The van der Waals surface area contributed by atoms with Gasteiger partial charge in [0.15, 0.2) is 9.84 Å². The number of likely N-dealkylation sites (tertiary alicyclic amines) is 1. The molecule has 2 rings (SSSR count). The Kier molecular flexibility index (Phi) is 6.72. The number of sulfone groups is 1. The lowest BCUT2D eigenvalue weighted by molar-refractivity contribution is 0.273. The number of rotatable bonds is 5. The van der Waals surface area contributed by atoms with Crippen LogP contribution in [0.2, 0.25) is 5.02 Å². The molecule has 22 heavy (non-hydrogen) atoms. The normalized spacial score (nSPS) is 22.5. The van der Waals surface area contributed by atoms with Gasteiger partial charge in [-0.2, -0.15) is 0 Å². The van der Waals surface area contributed by atoms with Crippen molar-refractivity contribution in [3.63, 3.8) is 0 Å². The van der Waals surface area contributed by atoms with Crippen LogP contribution in [0.3, 0.4) is 0 Å². The van der Waals surface area contributed by atoms with Gasteiger partial charge in [0.25, 0.3) is 0 Å². The van der Waals surface area contributed by atoms with Crippen LogP contribution in [0.5, 0.6) is 0 Å². The van der Waals surface area contributed by atoms with Gasteiger partial charge in [-0.25, -0.2) is 8.42 Å². The van der Waals surface area contributed by atoms with Crippen LogP contribution in [-0.2, 0) is 16.4 Å². The first-order valence-corrected chi connectivity index (χ1v) is 9.27. The molecule has 0 bridgehead atoms. The summed E-state index contributed by atoms with van der Waals surface area (Å²) in [4.78, 5) is 2.54. The molecule has 1 saturated heterocycles. The van der Waals surface area contributed by atoms with Crippen LogP contribution in [0, 0.1) is 5.41 Å². The van der Waals surface area contributed by atoms with E-state index in [2.05, 4.69) is 11.8 Å². The van der Waals surface area contributed by atoms with E-state index in [9.17, 15) is 8.42 Å². The molecule has 1 aromatic carbocycles. The molecule has 1 fully saturated rings. The van der Waals surface area contributed by atoms with Gasteiger partial charge in [0, 0.05) is 13.1 Å². The van der Waals surface area contributed by atoms with Crippen LogP contribution in [0.15, 0.2) is 23.1 Å². The lowest BCUT2D eigenvalue weighted by Crippen LogP contribution is -2.31. The van der Waals surface area contributed by atoms with Crippen molar-refractivity contribution in [2.24, 2.45) is 11.1 Å². The van der Waals surface area contributed by atoms with Gasteiger partial charge in [0.2, 0.25) is 0 Å². The predicted molar refractivity (Wildman–Crippen MR) is 93.5 cm³/mol. The minimum absolute atomic E-state index is 0. The van der Waals surface area contributed by atoms with E-state index in [1.807, 2.05) is 12.1 Å². The minimum Gasteiger partial charge on any atom is -0.330 e. The summed E-state index contributed by atoms with van der Waals surface area (Å²) in [6, 6.07) is 5.30. The fourth-order valence-corrected chi connectivity index (χ4v) is 4.57. The zero-order valence-electron chi connectivity index (χ0n) is 13.0. The molecular weight excluding hydrogens is 343 g/mol. The van der Waals surface area contributed by atoms with Gasteiger partial charge in [-0.05, 0) is 36.6 Å². The third-order valence-corrected chi connectivity index (χ3v) is 6.55. The van der Waals surface area contributed by atoms with Crippen LogP contribution in [0.1, 0.15) is 25.8 Å². The predicted octanol–water partition coefficient (Wildman–Crippen LogP) is 2.73. The van der Waals surface area contributed by atoms with Gasteiger partial charge in [0.05, 0.1) is 15.7 Å². The quantitative estimate of drug-likeness (QED) is 0.869. The second-order valence-electron chi connectivity index (χ2n) is 6.11. The van der Waals surface area contributed by atoms with Gasteiger partial charge in [0.1, 0.15) is 0 Å². The van der Waals surface area contributed by atoms with Crippen molar-refractivity contribution in [3.8, 4) is 0 Å². The zero-order chi connectivity index (χ0) is 15.7. The highest BCUT2D eigenvalue weighted by molar-refractivity contribution is 7.91. The molecule has 1 aliphatic heterocycles. The SMILES string of the molecule is CCS(=O)(=O)c1c(Cl)cccc1CN1CCC(C)(CN)C1.Cl. The van der Waals surface area contributed by atoms with E-state index in [-0.39, 0.29) is 28.5 Å². The summed E-state index contributed by atoms with van der Waals surface area (Å²) < 4.78 is 24.6. The lowest BCUT2D eigenvalue weighted by Gasteiger charge is -2.23. The zero-order valence-corrected chi connectivity index (χ0v) is 15.4. The lowest BCUT2D eigenvalue weighted by atomic mass is 9.90. The van der Waals surface area contributed by atoms with Crippen LogP contribution in [0.4, 0.5) is 0 Å². The van der Waals surface area contributed by atoms with E-state index in [1.54, 1.807) is 13.0 Å². The van der Waals surface area contributed by atoms with Gasteiger partial charge in [-0.3, -0.25) is 4.90 Å². The molecule has 0 aliphatic carbocycles. The van der Waals surface area contributed by atoms with E-state index >= 15 is 0 Å². The fourth-order valence-electron chi connectivity index (χ4n) is 2.84. The first kappa shape index (κ1) is 19.7. The Morgan fingerprint density at radius 3 is 2.64 bits per heavy atom. The summed E-state index contributed by atoms with van der Waals surface area (Å²) in [5, 5.41) is 0.315. The number of nitrogens with two attached hydrogens (primary N) is 1. The average Bonchev–Trinajstić information content (AvgIpc) is 2.81. The van der Waals surface area contributed by atoms with Crippen LogP contribution in [0.25, 0.3) is 0 Å². The minimum atomic E-state index is -3.32. The van der Waals surface area contributed by atoms with Crippen molar-refractivity contribution in [3.05, 3.63) is 28.8 Å². The molecule has 0 saturated carbocycles. The van der Waals surface area contributed by atoms with E-state index < -0.39 is 9.84 Å². The molecule has 1 heterocycles. The molecule has 1 unspecified atom stereocenters. The Morgan fingerprint density at radius 1 is 1.41 bits per heavy atom. The largest absolute Gasteiger partial charge is 0.330 e. The fraction of sp³-hybridized carbons (Fsp3) is 0.600. The topological polar surface area (TPSA) is 63.4 Å². The standard InChI is InChI=1S/C15H23ClN2O2S.ClH/c1-3-21(19,20)14-12(5-4-6-13(14)16)9-18-8-7-15(2,10-17)11-18;/h4-6H,3,7-11,17H2,1-2H3;1H. The van der Waals surface area contributed by atoms with E-state index in [0.29, 0.717) is 18.1 Å². The van der Waals surface area contributed by atoms with Crippen LogP contribution in [-0.4, -0.2) is 38.7 Å². The summed E-state index contributed by atoms with van der Waals surface area (Å²) in [6.07, 6.45) is 1.04. The monoisotopic (exact) mass is 366 g/mol. The van der Waals surface area contributed by atoms with E-state index in [4.69, 9.17) is 17.3 Å². The van der Waals surface area contributed by atoms with E-state index in [0.717, 1.165) is 25.1 Å². The molecule has 2 N–H and O–H groups in total. The third-order valence-electron chi connectivity index (χ3n) is 4.26. The Balaban J connectivity index is 0.00000242. The highest BCUT2D eigenvalue weighted by Gasteiger charge is 2.33. The molecule has 1 aliphatic rings. The Hall–Kier alpha value is -0.330. The number of nitrogens with zero attached hydrogens (tertiary/aromatic N) is 1. The summed E-state index contributed by atoms with van der Waals surface area (Å²) >= 11 is 6.14. The molecule has 7 heteroatoms. The third kappa shape index (κ3) is 4.15. The molecule has 126 valence electrons. The summed E-state index contributed by atoms with van der Waals surface area (Å²) in [6.45, 7) is 6.90. The van der Waals surface area contributed by atoms with Gasteiger partial charge >= 0.3 is 0 Å². The molecule has 0 spiro atoms. The summed E-state index contributed by atoms with van der Waals surface area (Å²) in [5.41, 5.74) is 6.74. The molecule has 0 radical (unpaired) electrons. The highest BCUT2D eigenvalue weighted by atomic mass is 35.5. The van der Waals surface area contributed by atoms with Gasteiger partial charge in [-0.1, -0.05) is 37.6 Å². The number of benzene rings is 1. The second-order valence-corrected chi connectivity index (χ2v) is 8.73. The van der Waals surface area contributed by atoms with Crippen molar-refractivity contribution in [1.29, 1.82) is 0 Å². The molecular formula is C15H24Cl2N2O2S. The summed E-state index contributed by atoms with van der Waals surface area (Å²) in [7, 11) is -3.32. The maximum absolute atomic E-state index is 12.3. The molecule has 0 amide bonds. The number of halogens is 2. The van der Waals surface area contributed by atoms with Crippen molar-refractivity contribution < 1.29 is 8.42 Å². The molecule has 1 atom stereocenters. The molecule has 1 aromatic rings. The average molecular weight is 367 g/mol. The first-order valence-electron chi connectivity index (χ1n) is 7.24. The second kappa shape index (κ2) is 7.49. The molecule has 0 aromatic heterocycles. The smallest absolute Gasteiger partial charge is 0.179 e. The highest BCUT2D eigenvalue weighted by Crippen LogP contribution is 2.32. The molecule has 4 nitrogen and oxygen atoms in total. The van der Waals surface area contributed by atoms with Gasteiger partial charge < -0.3 is 5.73 Å². The maximum Gasteiger partial charge on any atom is 0.179 e. The Morgan fingerprint density at radius 2 is 2.09 bits per heavy atom. The van der Waals surface area contributed by atoms with Crippen molar-refractivity contribution in [2.45, 2.75) is 31.7 Å². The van der Waals surface area contributed by atoms with E-state index in [1.165, 1.54) is 0 Å². The van der Waals surface area contributed by atoms with Crippen LogP contribution >= 0.6 is 24.0 Å². The van der Waals surface area contributed by atoms with Gasteiger partial charge in [-0.15, -0.1) is 12.4 Å². The first-order chi connectivity index (χ1) is 9.81. The number of hydrogen-bond acceptors (Lipinski definition) is 4. The van der Waals surface area contributed by atoms with Crippen molar-refractivity contribution in [2.75, 3.05) is 25.4 Å². The maximum atomic E-state index is 12.3.